The van der Waals surface area contributed by atoms with Crippen molar-refractivity contribution in [3.8, 4) is 11.4 Å². The minimum Gasteiger partial charge on any atom is -0.376 e. The van der Waals surface area contributed by atoms with Gasteiger partial charge in [0, 0.05) is 19.3 Å². The fourth-order valence-electron chi connectivity index (χ4n) is 2.68. The van der Waals surface area contributed by atoms with E-state index in [1.807, 2.05) is 17.6 Å². The summed E-state index contributed by atoms with van der Waals surface area (Å²) in [5, 5.41) is 6.94. The minimum atomic E-state index is -0.0586. The summed E-state index contributed by atoms with van der Waals surface area (Å²) in [6.07, 6.45) is 3.99. The lowest BCUT2D eigenvalue weighted by Crippen LogP contribution is -2.27. The zero-order valence-electron chi connectivity index (χ0n) is 11.9. The normalized spacial score (nSPS) is 18.2. The fraction of sp³-hybridized carbons (Fsp3) is 0.500. The molecule has 1 aliphatic heterocycles. The predicted octanol–water partition coefficient (Wildman–Crippen LogP) is 1.97. The van der Waals surface area contributed by atoms with Crippen molar-refractivity contribution in [2.75, 3.05) is 6.61 Å². The molecule has 1 atom stereocenters. The van der Waals surface area contributed by atoms with Gasteiger partial charge in [0.1, 0.15) is 0 Å². The second-order valence-corrected chi connectivity index (χ2v) is 5.50. The maximum absolute atomic E-state index is 12.6. The summed E-state index contributed by atoms with van der Waals surface area (Å²) in [7, 11) is 0. The Morgan fingerprint density at radius 2 is 2.43 bits per heavy atom. The Morgan fingerprint density at radius 3 is 3.14 bits per heavy atom. The van der Waals surface area contributed by atoms with Gasteiger partial charge in [0.2, 0.25) is 0 Å². The van der Waals surface area contributed by atoms with Gasteiger partial charge in [-0.3, -0.25) is 9.89 Å². The van der Waals surface area contributed by atoms with Gasteiger partial charge in [-0.2, -0.15) is 5.10 Å². The third-order valence-corrected chi connectivity index (χ3v) is 4.07. The SMILES string of the molecule is CCn1c(-c2cccn(CC3CCCO3)c2=O)n[nH]c1=S. The number of H-pyrrole nitrogens is 1. The van der Waals surface area contributed by atoms with E-state index in [1.54, 1.807) is 16.8 Å². The number of nitrogens with one attached hydrogen (secondary N) is 1. The Balaban J connectivity index is 1.99. The molecule has 3 heterocycles. The van der Waals surface area contributed by atoms with E-state index in [0.717, 1.165) is 19.4 Å². The maximum atomic E-state index is 12.6. The smallest absolute Gasteiger partial charge is 0.261 e. The van der Waals surface area contributed by atoms with Gasteiger partial charge in [-0.1, -0.05) is 0 Å². The van der Waals surface area contributed by atoms with Crippen LogP contribution in [0.1, 0.15) is 19.8 Å². The van der Waals surface area contributed by atoms with Crippen molar-refractivity contribution in [2.24, 2.45) is 0 Å². The molecule has 21 heavy (non-hydrogen) atoms. The monoisotopic (exact) mass is 306 g/mol. The van der Waals surface area contributed by atoms with E-state index >= 15 is 0 Å². The van der Waals surface area contributed by atoms with Crippen molar-refractivity contribution in [2.45, 2.75) is 39.0 Å². The molecule has 1 aliphatic rings. The number of hydrogen-bond donors (Lipinski definition) is 1. The summed E-state index contributed by atoms with van der Waals surface area (Å²) >= 11 is 5.18. The lowest BCUT2D eigenvalue weighted by atomic mass is 10.2. The lowest BCUT2D eigenvalue weighted by Gasteiger charge is -2.12. The van der Waals surface area contributed by atoms with Gasteiger partial charge in [0.05, 0.1) is 18.2 Å². The van der Waals surface area contributed by atoms with Crippen LogP contribution in [-0.2, 0) is 17.8 Å². The van der Waals surface area contributed by atoms with E-state index < -0.39 is 0 Å². The van der Waals surface area contributed by atoms with Crippen LogP contribution in [0.5, 0.6) is 0 Å². The van der Waals surface area contributed by atoms with Gasteiger partial charge in [-0.15, -0.1) is 0 Å². The average molecular weight is 306 g/mol. The quantitative estimate of drug-likeness (QED) is 0.877. The Labute approximate surface area is 127 Å². The van der Waals surface area contributed by atoms with Gasteiger partial charge >= 0.3 is 0 Å². The number of nitrogens with zero attached hydrogens (tertiary/aromatic N) is 3. The van der Waals surface area contributed by atoms with Crippen LogP contribution in [0.2, 0.25) is 0 Å². The van der Waals surface area contributed by atoms with Crippen molar-refractivity contribution >= 4 is 12.2 Å². The van der Waals surface area contributed by atoms with Crippen LogP contribution in [0.15, 0.2) is 23.1 Å². The fourth-order valence-corrected chi connectivity index (χ4v) is 2.94. The van der Waals surface area contributed by atoms with Gasteiger partial charge in [-0.05, 0) is 44.1 Å². The molecule has 2 aromatic heterocycles. The molecule has 0 aliphatic carbocycles. The highest BCUT2D eigenvalue weighted by atomic mass is 32.1. The molecule has 0 amide bonds. The van der Waals surface area contributed by atoms with E-state index in [-0.39, 0.29) is 11.7 Å². The first-order valence-electron chi connectivity index (χ1n) is 7.17. The number of ether oxygens (including phenoxy) is 1. The first-order valence-corrected chi connectivity index (χ1v) is 7.58. The maximum Gasteiger partial charge on any atom is 0.261 e. The van der Waals surface area contributed by atoms with Gasteiger partial charge in [0.25, 0.3) is 5.56 Å². The van der Waals surface area contributed by atoms with E-state index in [4.69, 9.17) is 17.0 Å². The first-order chi connectivity index (χ1) is 10.2. The van der Waals surface area contributed by atoms with E-state index in [1.165, 1.54) is 0 Å². The Bertz CT molecular complexity index is 740. The number of rotatable bonds is 4. The highest BCUT2D eigenvalue weighted by Crippen LogP contribution is 2.15. The molecular weight excluding hydrogens is 288 g/mol. The highest BCUT2D eigenvalue weighted by Gasteiger charge is 2.18. The molecule has 2 aromatic rings. The van der Waals surface area contributed by atoms with Crippen molar-refractivity contribution in [1.82, 2.24) is 19.3 Å². The van der Waals surface area contributed by atoms with Gasteiger partial charge in [-0.25, -0.2) is 0 Å². The molecule has 7 heteroatoms. The second kappa shape index (κ2) is 5.95. The standard InChI is InChI=1S/C14H18N4O2S/c1-2-18-12(15-16-14(18)21)11-6-3-7-17(13(11)19)9-10-5-4-8-20-10/h3,6-7,10H,2,4-5,8-9H2,1H3,(H,16,21). The van der Waals surface area contributed by atoms with Crippen LogP contribution >= 0.6 is 12.2 Å². The molecule has 0 radical (unpaired) electrons. The largest absolute Gasteiger partial charge is 0.376 e. The Hall–Kier alpha value is -1.73. The molecular formula is C14H18N4O2S. The van der Waals surface area contributed by atoms with Crippen molar-refractivity contribution in [3.63, 3.8) is 0 Å². The molecule has 0 aromatic carbocycles. The Kier molecular flexibility index (Phi) is 4.03. The van der Waals surface area contributed by atoms with Crippen molar-refractivity contribution < 1.29 is 4.74 Å². The first kappa shape index (κ1) is 14.2. The molecule has 1 N–H and O–H groups in total. The van der Waals surface area contributed by atoms with Crippen LogP contribution < -0.4 is 5.56 Å². The molecule has 0 bridgehead atoms. The van der Waals surface area contributed by atoms with Crippen LogP contribution in [0, 0.1) is 4.77 Å². The summed E-state index contributed by atoms with van der Waals surface area (Å²) in [4.78, 5) is 12.6. The number of hydrogen-bond acceptors (Lipinski definition) is 4. The summed E-state index contributed by atoms with van der Waals surface area (Å²) in [5.41, 5.74) is 0.501. The number of pyridine rings is 1. The van der Waals surface area contributed by atoms with E-state index in [0.29, 0.717) is 29.2 Å². The molecule has 0 saturated carbocycles. The third kappa shape index (κ3) is 2.71. The van der Waals surface area contributed by atoms with E-state index in [9.17, 15) is 4.79 Å². The third-order valence-electron chi connectivity index (χ3n) is 3.76. The van der Waals surface area contributed by atoms with Gasteiger partial charge in [0.15, 0.2) is 10.6 Å². The summed E-state index contributed by atoms with van der Waals surface area (Å²) in [6.45, 7) is 4.02. The summed E-state index contributed by atoms with van der Waals surface area (Å²) in [5.74, 6) is 0.592. The molecule has 0 spiro atoms. The van der Waals surface area contributed by atoms with Crippen LogP contribution in [0.3, 0.4) is 0 Å². The number of aromatic amines is 1. The topological polar surface area (TPSA) is 64.8 Å². The summed E-state index contributed by atoms with van der Waals surface area (Å²) < 4.78 is 9.65. The lowest BCUT2D eigenvalue weighted by molar-refractivity contribution is 0.0962. The molecule has 1 saturated heterocycles. The highest BCUT2D eigenvalue weighted by molar-refractivity contribution is 7.71. The number of aromatic nitrogens is 4. The molecule has 6 nitrogen and oxygen atoms in total. The average Bonchev–Trinajstić information content (AvgIpc) is 3.11. The second-order valence-electron chi connectivity index (χ2n) is 5.11. The zero-order valence-corrected chi connectivity index (χ0v) is 12.7. The molecule has 3 rings (SSSR count). The molecule has 1 unspecified atom stereocenters. The van der Waals surface area contributed by atoms with Crippen LogP contribution in [0.4, 0.5) is 0 Å². The Morgan fingerprint density at radius 1 is 1.57 bits per heavy atom. The van der Waals surface area contributed by atoms with Crippen molar-refractivity contribution in [3.05, 3.63) is 33.5 Å². The van der Waals surface area contributed by atoms with Crippen LogP contribution in [-0.4, -0.2) is 32.0 Å². The van der Waals surface area contributed by atoms with Crippen molar-refractivity contribution in [1.29, 1.82) is 0 Å². The summed E-state index contributed by atoms with van der Waals surface area (Å²) in [6, 6.07) is 3.65. The van der Waals surface area contributed by atoms with Crippen LogP contribution in [0.25, 0.3) is 11.4 Å². The predicted molar refractivity (Wildman–Crippen MR) is 81.8 cm³/mol. The molecule has 112 valence electrons. The molecule has 1 fully saturated rings. The van der Waals surface area contributed by atoms with Gasteiger partial charge < -0.3 is 13.9 Å². The van der Waals surface area contributed by atoms with E-state index in [2.05, 4.69) is 10.2 Å². The zero-order chi connectivity index (χ0) is 14.8. The minimum absolute atomic E-state index is 0.0586.